The van der Waals surface area contributed by atoms with Crippen molar-refractivity contribution in [1.29, 1.82) is 0 Å². The molecule has 0 radical (unpaired) electrons. The first kappa shape index (κ1) is 11.6. The van der Waals surface area contributed by atoms with Gasteiger partial charge in [0.15, 0.2) is 0 Å². The van der Waals surface area contributed by atoms with E-state index in [2.05, 4.69) is 21.5 Å². The molecule has 1 aromatic heterocycles. The molecule has 1 atom stereocenters. The molecule has 1 saturated heterocycles. The number of hydrogen-bond acceptors (Lipinski definition) is 3. The van der Waals surface area contributed by atoms with Crippen LogP contribution in [0.3, 0.4) is 0 Å². The molecule has 0 amide bonds. The summed E-state index contributed by atoms with van der Waals surface area (Å²) in [7, 11) is 4.01. The van der Waals surface area contributed by atoms with Crippen LogP contribution in [-0.4, -0.2) is 47.4 Å². The van der Waals surface area contributed by atoms with Gasteiger partial charge in [-0.25, -0.2) is 0 Å². The molecule has 4 nitrogen and oxygen atoms in total. The fourth-order valence-corrected chi connectivity index (χ4v) is 2.53. The molecule has 0 saturated carbocycles. The number of nitrogens with one attached hydrogen (secondary N) is 1. The Morgan fingerprint density at radius 1 is 1.56 bits per heavy atom. The maximum Gasteiger partial charge on any atom is 0.0522 e. The quantitative estimate of drug-likeness (QED) is 0.794. The second-order valence-electron chi connectivity index (χ2n) is 4.66. The van der Waals surface area contributed by atoms with E-state index < -0.39 is 0 Å². The fraction of sp³-hybridized carbons (Fsp3) is 0.750. The average molecular weight is 222 g/mol. The SMILES string of the molecule is CNCC1CCCN1CCc1cnn(C)c1. The summed E-state index contributed by atoms with van der Waals surface area (Å²) in [6, 6.07) is 0.738. The predicted octanol–water partition coefficient (Wildman–Crippen LogP) is 0.646. The van der Waals surface area contributed by atoms with Crippen molar-refractivity contribution in [1.82, 2.24) is 20.0 Å². The molecule has 0 spiro atoms. The van der Waals surface area contributed by atoms with Crippen LogP contribution < -0.4 is 5.32 Å². The molecule has 0 aliphatic carbocycles. The summed E-state index contributed by atoms with van der Waals surface area (Å²) in [4.78, 5) is 2.60. The number of nitrogens with zero attached hydrogens (tertiary/aromatic N) is 3. The Morgan fingerprint density at radius 2 is 2.44 bits per heavy atom. The molecular formula is C12H22N4. The van der Waals surface area contributed by atoms with Crippen LogP contribution in [0.4, 0.5) is 0 Å². The minimum absolute atomic E-state index is 0.738. The molecule has 1 aliphatic rings. The molecule has 2 heterocycles. The van der Waals surface area contributed by atoms with Crippen LogP contribution in [0, 0.1) is 0 Å². The van der Waals surface area contributed by atoms with Gasteiger partial charge < -0.3 is 5.32 Å². The lowest BCUT2D eigenvalue weighted by molar-refractivity contribution is 0.253. The Hall–Kier alpha value is -0.870. The van der Waals surface area contributed by atoms with Gasteiger partial charge in [0.2, 0.25) is 0 Å². The molecule has 1 aliphatic heterocycles. The van der Waals surface area contributed by atoms with E-state index >= 15 is 0 Å². The normalized spacial score (nSPS) is 21.8. The second kappa shape index (κ2) is 5.46. The first-order valence-electron chi connectivity index (χ1n) is 6.16. The van der Waals surface area contributed by atoms with Gasteiger partial charge >= 0.3 is 0 Å². The molecule has 0 aromatic carbocycles. The van der Waals surface area contributed by atoms with Gasteiger partial charge in [-0.3, -0.25) is 9.58 Å². The smallest absolute Gasteiger partial charge is 0.0522 e. The van der Waals surface area contributed by atoms with Gasteiger partial charge in [0.1, 0.15) is 0 Å². The molecule has 2 rings (SSSR count). The lowest BCUT2D eigenvalue weighted by atomic mass is 10.2. The largest absolute Gasteiger partial charge is 0.318 e. The van der Waals surface area contributed by atoms with E-state index in [1.807, 2.05) is 25.0 Å². The Balaban J connectivity index is 1.80. The fourth-order valence-electron chi connectivity index (χ4n) is 2.53. The van der Waals surface area contributed by atoms with E-state index in [9.17, 15) is 0 Å². The summed E-state index contributed by atoms with van der Waals surface area (Å²) < 4.78 is 1.88. The Kier molecular flexibility index (Phi) is 3.96. The molecule has 16 heavy (non-hydrogen) atoms. The van der Waals surface area contributed by atoms with Crippen molar-refractivity contribution in [2.45, 2.75) is 25.3 Å². The van der Waals surface area contributed by atoms with Crippen molar-refractivity contribution in [3.8, 4) is 0 Å². The topological polar surface area (TPSA) is 33.1 Å². The number of aromatic nitrogens is 2. The first-order valence-corrected chi connectivity index (χ1v) is 6.16. The van der Waals surface area contributed by atoms with Gasteiger partial charge in [-0.05, 0) is 38.4 Å². The van der Waals surface area contributed by atoms with Crippen LogP contribution in [0.2, 0.25) is 0 Å². The van der Waals surface area contributed by atoms with E-state index in [1.165, 1.54) is 24.9 Å². The van der Waals surface area contributed by atoms with Gasteiger partial charge in [0.25, 0.3) is 0 Å². The monoisotopic (exact) mass is 222 g/mol. The van der Waals surface area contributed by atoms with Crippen molar-refractivity contribution < 1.29 is 0 Å². The summed E-state index contributed by atoms with van der Waals surface area (Å²) in [5, 5.41) is 7.49. The number of rotatable bonds is 5. The van der Waals surface area contributed by atoms with Crippen molar-refractivity contribution in [3.05, 3.63) is 18.0 Å². The van der Waals surface area contributed by atoms with Crippen LogP contribution in [-0.2, 0) is 13.5 Å². The number of aryl methyl sites for hydroxylation is 1. The second-order valence-corrected chi connectivity index (χ2v) is 4.66. The summed E-state index contributed by atoms with van der Waals surface area (Å²) in [6.45, 7) is 3.54. The van der Waals surface area contributed by atoms with E-state index in [0.29, 0.717) is 0 Å². The van der Waals surface area contributed by atoms with Crippen molar-refractivity contribution in [2.75, 3.05) is 26.7 Å². The Morgan fingerprint density at radius 3 is 3.12 bits per heavy atom. The molecule has 1 unspecified atom stereocenters. The molecular weight excluding hydrogens is 200 g/mol. The van der Waals surface area contributed by atoms with E-state index in [4.69, 9.17) is 0 Å². The molecule has 0 bridgehead atoms. The molecule has 90 valence electrons. The summed E-state index contributed by atoms with van der Waals surface area (Å²) in [6.07, 6.45) is 7.90. The van der Waals surface area contributed by atoms with Crippen LogP contribution in [0.5, 0.6) is 0 Å². The van der Waals surface area contributed by atoms with Gasteiger partial charge in [-0.1, -0.05) is 0 Å². The highest BCUT2D eigenvalue weighted by molar-refractivity contribution is 5.04. The zero-order valence-electron chi connectivity index (χ0n) is 10.3. The molecule has 1 N–H and O–H groups in total. The summed E-state index contributed by atoms with van der Waals surface area (Å²) in [5.74, 6) is 0. The van der Waals surface area contributed by atoms with E-state index in [1.54, 1.807) is 0 Å². The summed E-state index contributed by atoms with van der Waals surface area (Å²) >= 11 is 0. The van der Waals surface area contributed by atoms with E-state index in [-0.39, 0.29) is 0 Å². The lowest BCUT2D eigenvalue weighted by Gasteiger charge is -2.23. The summed E-state index contributed by atoms with van der Waals surface area (Å²) in [5.41, 5.74) is 1.35. The average Bonchev–Trinajstić information content (AvgIpc) is 2.85. The maximum atomic E-state index is 4.20. The molecule has 1 fully saturated rings. The zero-order valence-corrected chi connectivity index (χ0v) is 10.3. The molecule has 4 heteroatoms. The first-order chi connectivity index (χ1) is 7.79. The van der Waals surface area contributed by atoms with Gasteiger partial charge in [0.05, 0.1) is 6.20 Å². The van der Waals surface area contributed by atoms with Crippen molar-refractivity contribution in [3.63, 3.8) is 0 Å². The zero-order chi connectivity index (χ0) is 11.4. The highest BCUT2D eigenvalue weighted by Gasteiger charge is 2.23. The van der Waals surface area contributed by atoms with Gasteiger partial charge in [-0.2, -0.15) is 5.10 Å². The standard InChI is InChI=1S/C12H22N4/c1-13-9-12-4-3-6-16(12)7-5-11-8-14-15(2)10-11/h8,10,12-13H,3-7,9H2,1-2H3. The number of likely N-dealkylation sites (N-methyl/N-ethyl adjacent to an activating group) is 1. The highest BCUT2D eigenvalue weighted by atomic mass is 15.2. The van der Waals surface area contributed by atoms with E-state index in [0.717, 1.165) is 25.6 Å². The van der Waals surface area contributed by atoms with Crippen LogP contribution >= 0.6 is 0 Å². The van der Waals surface area contributed by atoms with Crippen LogP contribution in [0.1, 0.15) is 18.4 Å². The number of likely N-dealkylation sites (tertiary alicyclic amines) is 1. The van der Waals surface area contributed by atoms with Crippen LogP contribution in [0.15, 0.2) is 12.4 Å². The predicted molar refractivity (Wildman–Crippen MR) is 65.4 cm³/mol. The van der Waals surface area contributed by atoms with Crippen molar-refractivity contribution in [2.24, 2.45) is 7.05 Å². The van der Waals surface area contributed by atoms with Gasteiger partial charge in [-0.15, -0.1) is 0 Å². The molecule has 1 aromatic rings. The Labute approximate surface area is 97.6 Å². The maximum absolute atomic E-state index is 4.20. The minimum Gasteiger partial charge on any atom is -0.318 e. The lowest BCUT2D eigenvalue weighted by Crippen LogP contribution is -2.37. The van der Waals surface area contributed by atoms with Crippen molar-refractivity contribution >= 4 is 0 Å². The third kappa shape index (κ3) is 2.83. The number of hydrogen-bond donors (Lipinski definition) is 1. The highest BCUT2D eigenvalue weighted by Crippen LogP contribution is 2.16. The third-order valence-corrected chi connectivity index (χ3v) is 3.38. The minimum atomic E-state index is 0.738. The van der Waals surface area contributed by atoms with Crippen LogP contribution in [0.25, 0.3) is 0 Å². The van der Waals surface area contributed by atoms with Gasteiger partial charge in [0, 0.05) is 32.4 Å². The Bertz CT molecular complexity index is 321. The third-order valence-electron chi connectivity index (χ3n) is 3.38.